The number of nitrogens with one attached hydrogen (secondary N) is 1. The van der Waals surface area contributed by atoms with Gasteiger partial charge in [0.15, 0.2) is 5.78 Å². The quantitative estimate of drug-likeness (QED) is 0.771. The highest BCUT2D eigenvalue weighted by molar-refractivity contribution is 9.10. The van der Waals surface area contributed by atoms with Crippen molar-refractivity contribution in [1.29, 1.82) is 0 Å². The molecule has 1 aliphatic heterocycles. The lowest BCUT2D eigenvalue weighted by Crippen LogP contribution is -2.40. The number of nitrogens with zero attached hydrogens (tertiary/aromatic N) is 2. The number of hydrogen-bond acceptors (Lipinski definition) is 4. The van der Waals surface area contributed by atoms with Crippen LogP contribution in [0.15, 0.2) is 10.7 Å². The molecule has 0 spiro atoms. The average molecular weight is 344 g/mol. The van der Waals surface area contributed by atoms with E-state index in [4.69, 9.17) is 4.74 Å². The highest BCUT2D eigenvalue weighted by atomic mass is 79.9. The van der Waals surface area contributed by atoms with Crippen LogP contribution in [0.1, 0.15) is 37.2 Å². The van der Waals surface area contributed by atoms with Crippen molar-refractivity contribution in [3.8, 4) is 0 Å². The normalized spacial score (nSPS) is 22.4. The summed E-state index contributed by atoms with van der Waals surface area (Å²) in [6.45, 7) is 6.96. The fraction of sp³-hybridized carbons (Fsp3) is 0.714. The maximum Gasteiger partial charge on any atom is 0.189 e. The van der Waals surface area contributed by atoms with Crippen LogP contribution in [0.25, 0.3) is 0 Å². The Bertz CT molecular complexity index is 461. The van der Waals surface area contributed by atoms with E-state index in [1.165, 1.54) is 0 Å². The molecule has 1 aromatic rings. The van der Waals surface area contributed by atoms with Gasteiger partial charge >= 0.3 is 0 Å². The lowest BCUT2D eigenvalue weighted by molar-refractivity contribution is 0.0879. The van der Waals surface area contributed by atoms with Crippen molar-refractivity contribution in [2.45, 2.75) is 39.3 Å². The second-order valence-electron chi connectivity index (χ2n) is 5.13. The zero-order valence-electron chi connectivity index (χ0n) is 12.1. The SMILES string of the molecule is CCCNC1COCC1C(=O)c1c(Br)cnn1CCC. The number of rotatable bonds is 7. The zero-order valence-corrected chi connectivity index (χ0v) is 13.6. The number of carbonyl (C=O) groups excluding carboxylic acids is 1. The third-order valence-corrected chi connectivity index (χ3v) is 4.12. The molecule has 1 N–H and O–H groups in total. The number of aryl methyl sites for hydroxylation is 1. The van der Waals surface area contributed by atoms with E-state index < -0.39 is 0 Å². The minimum Gasteiger partial charge on any atom is -0.379 e. The van der Waals surface area contributed by atoms with Crippen molar-refractivity contribution >= 4 is 21.7 Å². The molecule has 112 valence electrons. The van der Waals surface area contributed by atoms with Crippen LogP contribution in [0.2, 0.25) is 0 Å². The second kappa shape index (κ2) is 7.33. The molecule has 0 aliphatic carbocycles. The number of ketones is 1. The molecule has 0 amide bonds. The molecule has 1 fully saturated rings. The van der Waals surface area contributed by atoms with E-state index in [1.807, 2.05) is 0 Å². The van der Waals surface area contributed by atoms with Crippen molar-refractivity contribution in [2.24, 2.45) is 5.92 Å². The lowest BCUT2D eigenvalue weighted by atomic mass is 9.96. The molecule has 1 aliphatic rings. The van der Waals surface area contributed by atoms with Gasteiger partial charge < -0.3 is 10.1 Å². The summed E-state index contributed by atoms with van der Waals surface area (Å²) in [5.41, 5.74) is 0.672. The summed E-state index contributed by atoms with van der Waals surface area (Å²) in [5, 5.41) is 7.68. The number of ether oxygens (including phenoxy) is 1. The van der Waals surface area contributed by atoms with Gasteiger partial charge in [0.1, 0.15) is 5.69 Å². The molecular formula is C14H22BrN3O2. The topological polar surface area (TPSA) is 56.1 Å². The van der Waals surface area contributed by atoms with Crippen LogP contribution in [0, 0.1) is 5.92 Å². The summed E-state index contributed by atoms with van der Waals surface area (Å²) in [6, 6.07) is 0.110. The van der Waals surface area contributed by atoms with Gasteiger partial charge in [0.2, 0.25) is 0 Å². The van der Waals surface area contributed by atoms with Crippen LogP contribution in [0.5, 0.6) is 0 Å². The lowest BCUT2D eigenvalue weighted by Gasteiger charge is -2.18. The fourth-order valence-electron chi connectivity index (χ4n) is 2.51. The molecule has 0 saturated carbocycles. The molecule has 2 rings (SSSR count). The van der Waals surface area contributed by atoms with E-state index in [2.05, 4.69) is 40.2 Å². The molecule has 0 aromatic carbocycles. The summed E-state index contributed by atoms with van der Waals surface area (Å²) in [6.07, 6.45) is 3.70. The Balaban J connectivity index is 2.15. The second-order valence-corrected chi connectivity index (χ2v) is 5.99. The predicted molar refractivity (Wildman–Crippen MR) is 80.9 cm³/mol. The Labute approximate surface area is 128 Å². The molecular weight excluding hydrogens is 322 g/mol. The third kappa shape index (κ3) is 3.30. The van der Waals surface area contributed by atoms with Gasteiger partial charge in [0.25, 0.3) is 0 Å². The highest BCUT2D eigenvalue weighted by Crippen LogP contribution is 2.24. The molecule has 2 unspecified atom stereocenters. The molecule has 6 heteroatoms. The van der Waals surface area contributed by atoms with Gasteiger partial charge in [-0.15, -0.1) is 0 Å². The number of aromatic nitrogens is 2. The molecule has 20 heavy (non-hydrogen) atoms. The zero-order chi connectivity index (χ0) is 14.5. The Kier molecular flexibility index (Phi) is 5.74. The van der Waals surface area contributed by atoms with Gasteiger partial charge in [0.05, 0.1) is 29.8 Å². The highest BCUT2D eigenvalue weighted by Gasteiger charge is 2.36. The van der Waals surface area contributed by atoms with Crippen LogP contribution >= 0.6 is 15.9 Å². The van der Waals surface area contributed by atoms with Crippen molar-refractivity contribution in [2.75, 3.05) is 19.8 Å². The number of Topliss-reactive ketones (excluding diaryl/α,β-unsaturated/α-hetero) is 1. The van der Waals surface area contributed by atoms with E-state index in [0.29, 0.717) is 18.9 Å². The van der Waals surface area contributed by atoms with E-state index in [9.17, 15) is 4.79 Å². The van der Waals surface area contributed by atoms with Crippen molar-refractivity contribution in [3.63, 3.8) is 0 Å². The standard InChI is InChI=1S/C14H22BrN3O2/c1-3-5-16-12-9-20-8-10(12)14(19)13-11(15)7-17-18(13)6-4-2/h7,10,12,16H,3-6,8-9H2,1-2H3. The van der Waals surface area contributed by atoms with Gasteiger partial charge in [-0.3, -0.25) is 9.48 Å². The number of hydrogen-bond donors (Lipinski definition) is 1. The summed E-state index contributed by atoms with van der Waals surface area (Å²) < 4.78 is 8.07. The third-order valence-electron chi connectivity index (χ3n) is 3.54. The van der Waals surface area contributed by atoms with Crippen molar-refractivity contribution in [1.82, 2.24) is 15.1 Å². The first-order valence-electron chi connectivity index (χ1n) is 7.25. The monoisotopic (exact) mass is 343 g/mol. The van der Waals surface area contributed by atoms with Crippen LogP contribution < -0.4 is 5.32 Å². The summed E-state index contributed by atoms with van der Waals surface area (Å²) in [5.74, 6) is -0.000848. The van der Waals surface area contributed by atoms with E-state index in [-0.39, 0.29) is 17.7 Å². The predicted octanol–water partition coefficient (Wildman–Crippen LogP) is 2.25. The fourth-order valence-corrected chi connectivity index (χ4v) is 3.00. The largest absolute Gasteiger partial charge is 0.379 e. The van der Waals surface area contributed by atoms with Gasteiger partial charge in [0, 0.05) is 12.6 Å². The minimum atomic E-state index is -0.120. The number of carbonyl (C=O) groups is 1. The molecule has 5 nitrogen and oxygen atoms in total. The molecule has 0 radical (unpaired) electrons. The maximum absolute atomic E-state index is 12.8. The summed E-state index contributed by atoms with van der Waals surface area (Å²) in [4.78, 5) is 12.8. The Morgan fingerprint density at radius 2 is 2.30 bits per heavy atom. The minimum absolute atomic E-state index is 0.110. The Morgan fingerprint density at radius 3 is 3.00 bits per heavy atom. The van der Waals surface area contributed by atoms with Gasteiger partial charge in [-0.25, -0.2) is 0 Å². The van der Waals surface area contributed by atoms with Gasteiger partial charge in [-0.1, -0.05) is 13.8 Å². The van der Waals surface area contributed by atoms with E-state index in [1.54, 1.807) is 10.9 Å². The molecule has 2 atom stereocenters. The molecule has 2 heterocycles. The first-order chi connectivity index (χ1) is 9.69. The van der Waals surface area contributed by atoms with Crippen LogP contribution in [-0.2, 0) is 11.3 Å². The summed E-state index contributed by atoms with van der Waals surface area (Å²) in [7, 11) is 0. The first-order valence-corrected chi connectivity index (χ1v) is 8.05. The summed E-state index contributed by atoms with van der Waals surface area (Å²) >= 11 is 3.44. The maximum atomic E-state index is 12.8. The van der Waals surface area contributed by atoms with Crippen LogP contribution in [-0.4, -0.2) is 41.4 Å². The van der Waals surface area contributed by atoms with Crippen molar-refractivity contribution < 1.29 is 9.53 Å². The number of halogens is 1. The van der Waals surface area contributed by atoms with Crippen molar-refractivity contribution in [3.05, 3.63) is 16.4 Å². The molecule has 1 saturated heterocycles. The van der Waals surface area contributed by atoms with E-state index >= 15 is 0 Å². The van der Waals surface area contributed by atoms with Gasteiger partial charge in [-0.05, 0) is 35.3 Å². The van der Waals surface area contributed by atoms with E-state index in [0.717, 1.165) is 30.4 Å². The average Bonchev–Trinajstić information content (AvgIpc) is 3.03. The van der Waals surface area contributed by atoms with Crippen LogP contribution in [0.3, 0.4) is 0 Å². The Morgan fingerprint density at radius 1 is 1.50 bits per heavy atom. The smallest absolute Gasteiger partial charge is 0.189 e. The Hall–Kier alpha value is -0.720. The molecule has 0 bridgehead atoms. The van der Waals surface area contributed by atoms with Gasteiger partial charge in [-0.2, -0.15) is 5.10 Å². The molecule has 1 aromatic heterocycles. The van der Waals surface area contributed by atoms with Crippen LogP contribution in [0.4, 0.5) is 0 Å². The first kappa shape index (κ1) is 15.7.